The lowest BCUT2D eigenvalue weighted by molar-refractivity contribution is 0.446. The Bertz CT molecular complexity index is 1190. The van der Waals surface area contributed by atoms with Gasteiger partial charge in [0.1, 0.15) is 10.7 Å². The maximum Gasteiger partial charge on any atom is 0.284 e. The van der Waals surface area contributed by atoms with E-state index in [4.69, 9.17) is 13.8 Å². The molecule has 0 amide bonds. The second kappa shape index (κ2) is 6.89. The number of hydrogen-bond donors (Lipinski definition) is 1. The summed E-state index contributed by atoms with van der Waals surface area (Å²) in [5.74, 6) is 2.14. The van der Waals surface area contributed by atoms with Crippen LogP contribution in [0.2, 0.25) is 0 Å². The lowest BCUT2D eigenvalue weighted by Crippen LogP contribution is -2.15. The van der Waals surface area contributed by atoms with Crippen molar-refractivity contribution in [2.75, 3.05) is 0 Å². The van der Waals surface area contributed by atoms with E-state index in [1.807, 2.05) is 6.92 Å². The maximum atomic E-state index is 12.8. The first-order chi connectivity index (χ1) is 13.6. The first kappa shape index (κ1) is 17.7. The summed E-state index contributed by atoms with van der Waals surface area (Å²) in [6, 6.07) is 3.53. The largest absolute Gasteiger partial charge is 0.459 e. The van der Waals surface area contributed by atoms with Crippen LogP contribution in [0.1, 0.15) is 41.8 Å². The van der Waals surface area contributed by atoms with Crippen molar-refractivity contribution in [2.24, 2.45) is 5.92 Å². The predicted octanol–water partition coefficient (Wildman–Crippen LogP) is 4.61. The number of H-pyrrole nitrogens is 1. The fourth-order valence-electron chi connectivity index (χ4n) is 3.52. The van der Waals surface area contributed by atoms with E-state index >= 15 is 0 Å². The third kappa shape index (κ3) is 3.08. The summed E-state index contributed by atoms with van der Waals surface area (Å²) in [4.78, 5) is 22.6. The van der Waals surface area contributed by atoms with Gasteiger partial charge in [0.05, 0.1) is 16.9 Å². The molecular weight excluding hydrogens is 396 g/mol. The van der Waals surface area contributed by atoms with E-state index in [1.54, 1.807) is 29.7 Å². The van der Waals surface area contributed by atoms with Crippen LogP contribution in [0.25, 0.3) is 21.9 Å². The van der Waals surface area contributed by atoms with Gasteiger partial charge < -0.3 is 13.8 Å². The second-order valence-corrected chi connectivity index (χ2v) is 9.47. The van der Waals surface area contributed by atoms with Gasteiger partial charge in [0.25, 0.3) is 16.7 Å². The first-order valence-corrected chi connectivity index (χ1v) is 10.9. The van der Waals surface area contributed by atoms with Crippen molar-refractivity contribution in [3.63, 3.8) is 0 Å². The molecule has 4 aromatic rings. The number of nitrogens with one attached hydrogen (secondary N) is 1. The molecule has 0 fully saturated rings. The second-order valence-electron chi connectivity index (χ2n) is 7.09. The van der Waals surface area contributed by atoms with Gasteiger partial charge in [-0.3, -0.25) is 4.79 Å². The van der Waals surface area contributed by atoms with Crippen LogP contribution in [0.15, 0.2) is 37.2 Å². The fourth-order valence-corrected chi connectivity index (χ4v) is 5.65. The molecule has 0 saturated carbocycles. The molecule has 0 radical (unpaired) electrons. The number of rotatable bonds is 4. The number of fused-ring (bicyclic) bond motifs is 3. The number of thioether (sulfide) groups is 1. The quantitative estimate of drug-likeness (QED) is 0.487. The van der Waals surface area contributed by atoms with Crippen molar-refractivity contribution in [1.29, 1.82) is 0 Å². The van der Waals surface area contributed by atoms with E-state index in [9.17, 15) is 4.79 Å². The van der Waals surface area contributed by atoms with Crippen LogP contribution < -0.4 is 5.56 Å². The molecule has 28 heavy (non-hydrogen) atoms. The summed E-state index contributed by atoms with van der Waals surface area (Å²) in [5, 5.41) is 9.09. The summed E-state index contributed by atoms with van der Waals surface area (Å²) >= 11 is 3.01. The zero-order valence-electron chi connectivity index (χ0n) is 15.4. The Hall–Kier alpha value is -2.39. The van der Waals surface area contributed by atoms with Gasteiger partial charge in [-0.25, -0.2) is 4.98 Å². The van der Waals surface area contributed by atoms with E-state index in [2.05, 4.69) is 22.1 Å². The SMILES string of the molecule is C[C@H]1CCc2c(sc3nc([C@H](C)Sc4nnc(-c5ccco5)o4)[nH]c(=O)c23)C1. The summed E-state index contributed by atoms with van der Waals surface area (Å²) in [6.45, 7) is 4.22. The highest BCUT2D eigenvalue weighted by molar-refractivity contribution is 7.99. The molecule has 144 valence electrons. The smallest absolute Gasteiger partial charge is 0.284 e. The standard InChI is InChI=1S/C19H18N4O3S2/c1-9-5-6-11-13(8-9)28-18-14(11)16(24)20-15(21-18)10(2)27-19-23-22-17(26-19)12-4-3-7-25-12/h3-4,7,9-10H,5-6,8H2,1-2H3,(H,20,21,24)/t9-,10-/m0/s1. The van der Waals surface area contributed by atoms with Crippen molar-refractivity contribution in [3.05, 3.63) is 45.0 Å². The summed E-state index contributed by atoms with van der Waals surface area (Å²) in [5.41, 5.74) is 1.14. The predicted molar refractivity (Wildman–Crippen MR) is 108 cm³/mol. The molecule has 0 bridgehead atoms. The summed E-state index contributed by atoms with van der Waals surface area (Å²) < 4.78 is 10.9. The number of furan rings is 1. The Kier molecular flexibility index (Phi) is 4.36. The average molecular weight is 415 g/mol. The Labute approximate surface area is 168 Å². The Morgan fingerprint density at radius 1 is 1.39 bits per heavy atom. The molecule has 4 heterocycles. The molecule has 0 aliphatic heterocycles. The number of thiophene rings is 1. The molecule has 0 spiro atoms. The van der Waals surface area contributed by atoms with Crippen LogP contribution in [0.5, 0.6) is 0 Å². The van der Waals surface area contributed by atoms with Gasteiger partial charge in [0.2, 0.25) is 0 Å². The van der Waals surface area contributed by atoms with Gasteiger partial charge in [-0.15, -0.1) is 21.5 Å². The van der Waals surface area contributed by atoms with Crippen LogP contribution in [0, 0.1) is 5.92 Å². The molecule has 7 nitrogen and oxygen atoms in total. The Balaban J connectivity index is 1.43. The Morgan fingerprint density at radius 2 is 2.29 bits per heavy atom. The highest BCUT2D eigenvalue weighted by Gasteiger charge is 2.24. The van der Waals surface area contributed by atoms with Gasteiger partial charge in [0, 0.05) is 4.88 Å². The van der Waals surface area contributed by atoms with E-state index in [0.717, 1.165) is 29.5 Å². The van der Waals surface area contributed by atoms with Crippen LogP contribution >= 0.6 is 23.1 Å². The highest BCUT2D eigenvalue weighted by Crippen LogP contribution is 2.38. The Morgan fingerprint density at radius 3 is 3.11 bits per heavy atom. The molecule has 0 unspecified atom stereocenters. The fraction of sp³-hybridized carbons (Fsp3) is 0.368. The van der Waals surface area contributed by atoms with Crippen LogP contribution in [0.3, 0.4) is 0 Å². The minimum absolute atomic E-state index is 0.0543. The minimum atomic E-state index is -0.139. The van der Waals surface area contributed by atoms with Crippen molar-refractivity contribution in [1.82, 2.24) is 20.2 Å². The third-order valence-corrected chi connectivity index (χ3v) is 7.08. The van der Waals surface area contributed by atoms with Gasteiger partial charge >= 0.3 is 0 Å². The number of nitrogens with zero attached hydrogens (tertiary/aromatic N) is 3. The van der Waals surface area contributed by atoms with Crippen molar-refractivity contribution >= 4 is 33.3 Å². The van der Waals surface area contributed by atoms with Gasteiger partial charge in [-0.05, 0) is 49.8 Å². The van der Waals surface area contributed by atoms with E-state index < -0.39 is 0 Å². The minimum Gasteiger partial charge on any atom is -0.459 e. The van der Waals surface area contributed by atoms with E-state index in [1.165, 1.54) is 22.2 Å². The normalized spacial score (nSPS) is 17.7. The highest BCUT2D eigenvalue weighted by atomic mass is 32.2. The van der Waals surface area contributed by atoms with E-state index in [-0.39, 0.29) is 10.8 Å². The van der Waals surface area contributed by atoms with Crippen molar-refractivity contribution in [3.8, 4) is 11.7 Å². The zero-order valence-corrected chi connectivity index (χ0v) is 17.0. The lowest BCUT2D eigenvalue weighted by atomic mass is 9.89. The summed E-state index contributed by atoms with van der Waals surface area (Å²) in [7, 11) is 0. The molecule has 5 rings (SSSR count). The molecule has 0 saturated heterocycles. The molecule has 9 heteroatoms. The molecule has 1 aliphatic carbocycles. The first-order valence-electron chi connectivity index (χ1n) is 9.17. The van der Waals surface area contributed by atoms with Crippen LogP contribution in [-0.4, -0.2) is 20.2 Å². The van der Waals surface area contributed by atoms with Gasteiger partial charge in [-0.2, -0.15) is 0 Å². The van der Waals surface area contributed by atoms with E-state index in [0.29, 0.717) is 28.6 Å². The number of aryl methyl sites for hydroxylation is 1. The van der Waals surface area contributed by atoms with Crippen molar-refractivity contribution < 1.29 is 8.83 Å². The zero-order chi connectivity index (χ0) is 19.3. The van der Waals surface area contributed by atoms with Crippen molar-refractivity contribution in [2.45, 2.75) is 43.6 Å². The van der Waals surface area contributed by atoms with Gasteiger partial charge in [-0.1, -0.05) is 18.7 Å². The summed E-state index contributed by atoms with van der Waals surface area (Å²) in [6.07, 6.45) is 4.68. The number of aromatic amines is 1. The molecular formula is C19H18N4O3S2. The molecule has 1 N–H and O–H groups in total. The third-order valence-electron chi connectivity index (χ3n) is 4.98. The lowest BCUT2D eigenvalue weighted by Gasteiger charge is -2.17. The molecule has 1 aliphatic rings. The van der Waals surface area contributed by atoms with Crippen LogP contribution in [-0.2, 0) is 12.8 Å². The molecule has 4 aromatic heterocycles. The average Bonchev–Trinajstić information content (AvgIpc) is 3.40. The number of hydrogen-bond acceptors (Lipinski definition) is 8. The molecule has 2 atom stereocenters. The van der Waals surface area contributed by atoms with Gasteiger partial charge in [0.15, 0.2) is 5.76 Å². The maximum absolute atomic E-state index is 12.8. The monoisotopic (exact) mass is 414 g/mol. The van der Waals surface area contributed by atoms with Crippen LogP contribution in [0.4, 0.5) is 0 Å². The topological polar surface area (TPSA) is 97.8 Å². The molecule has 0 aromatic carbocycles. The number of aromatic nitrogens is 4.